The maximum Gasteiger partial charge on any atom is 0.230 e. The van der Waals surface area contributed by atoms with Crippen LogP contribution in [0.25, 0.3) is 0 Å². The molecule has 2 aromatic carbocycles. The molecule has 0 spiro atoms. The van der Waals surface area contributed by atoms with Crippen molar-refractivity contribution in [3.63, 3.8) is 0 Å². The number of hydrogen-bond acceptors (Lipinski definition) is 2. The summed E-state index contributed by atoms with van der Waals surface area (Å²) in [7, 11) is 1.66. The summed E-state index contributed by atoms with van der Waals surface area (Å²) < 4.78 is 19.0. The van der Waals surface area contributed by atoms with Crippen LogP contribution in [0.15, 0.2) is 48.5 Å². The van der Waals surface area contributed by atoms with Gasteiger partial charge in [0, 0.05) is 13.7 Å². The molecule has 1 N–H and O–H groups in total. The number of amides is 1. The van der Waals surface area contributed by atoms with Gasteiger partial charge < -0.3 is 10.1 Å². The number of nitrogens with one attached hydrogen (secondary N) is 1. The van der Waals surface area contributed by atoms with Crippen LogP contribution in [0.5, 0.6) is 0 Å². The Bertz CT molecular complexity index is 753. The highest BCUT2D eigenvalue weighted by Gasteiger charge is 2.41. The van der Waals surface area contributed by atoms with Crippen LogP contribution < -0.4 is 5.32 Å². The number of carbonyl (C=O) groups is 1. The number of methoxy groups -OCH3 is 1. The van der Waals surface area contributed by atoms with Crippen LogP contribution in [-0.4, -0.2) is 13.0 Å². The highest BCUT2D eigenvalue weighted by molar-refractivity contribution is 5.88. The average Bonchev–Trinajstić information content (AvgIpc) is 2.68. The number of benzene rings is 2. The maximum atomic E-state index is 13.8. The zero-order valence-corrected chi connectivity index (χ0v) is 15.3. The third kappa shape index (κ3) is 3.96. The molecule has 0 radical (unpaired) electrons. The summed E-state index contributed by atoms with van der Waals surface area (Å²) in [5.74, 6) is -0.291. The van der Waals surface area contributed by atoms with Gasteiger partial charge in [0.05, 0.1) is 12.0 Å². The van der Waals surface area contributed by atoms with Gasteiger partial charge in [0.1, 0.15) is 5.82 Å². The molecule has 4 heteroatoms. The molecule has 2 aromatic rings. The topological polar surface area (TPSA) is 38.3 Å². The fourth-order valence-electron chi connectivity index (χ4n) is 3.96. The smallest absolute Gasteiger partial charge is 0.230 e. The summed E-state index contributed by atoms with van der Waals surface area (Å²) in [6, 6.07) is 14.5. The first-order chi connectivity index (χ1) is 12.7. The Kier molecular flexibility index (Phi) is 6.04. The van der Waals surface area contributed by atoms with Crippen molar-refractivity contribution in [1.82, 2.24) is 5.32 Å². The van der Waals surface area contributed by atoms with Crippen molar-refractivity contribution in [3.8, 4) is 0 Å². The van der Waals surface area contributed by atoms with E-state index in [1.54, 1.807) is 13.2 Å². The summed E-state index contributed by atoms with van der Waals surface area (Å²) >= 11 is 0. The molecular formula is C22H26FNO2. The van der Waals surface area contributed by atoms with E-state index >= 15 is 0 Å². The van der Waals surface area contributed by atoms with Crippen molar-refractivity contribution in [2.75, 3.05) is 7.11 Å². The van der Waals surface area contributed by atoms with Gasteiger partial charge in [-0.05, 0) is 41.7 Å². The highest BCUT2D eigenvalue weighted by atomic mass is 19.1. The first-order valence-electron chi connectivity index (χ1n) is 9.26. The molecule has 0 atom stereocenters. The third-order valence-corrected chi connectivity index (χ3v) is 5.38. The molecule has 1 aliphatic rings. The van der Waals surface area contributed by atoms with Gasteiger partial charge in [-0.3, -0.25) is 4.79 Å². The largest absolute Gasteiger partial charge is 0.380 e. The molecular weight excluding hydrogens is 329 g/mol. The standard InChI is InChI=1S/C22H26FNO2/c1-26-16-18-9-4-3-8-17(18)15-24-21(25)22(12-5-2-6-13-22)19-10-7-11-20(23)14-19/h3-4,7-11,14H,2,5-6,12-13,15-16H2,1H3,(H,24,25). The second kappa shape index (κ2) is 8.45. The first kappa shape index (κ1) is 18.6. The van der Waals surface area contributed by atoms with E-state index in [0.29, 0.717) is 13.2 Å². The monoisotopic (exact) mass is 355 g/mol. The van der Waals surface area contributed by atoms with Gasteiger partial charge >= 0.3 is 0 Å². The second-order valence-corrected chi connectivity index (χ2v) is 7.04. The van der Waals surface area contributed by atoms with E-state index in [1.165, 1.54) is 12.1 Å². The Hall–Kier alpha value is -2.20. The highest BCUT2D eigenvalue weighted by Crippen LogP contribution is 2.40. The van der Waals surface area contributed by atoms with Crippen molar-refractivity contribution in [2.24, 2.45) is 0 Å². The minimum atomic E-state index is -0.628. The molecule has 0 saturated heterocycles. The number of hydrogen-bond donors (Lipinski definition) is 1. The van der Waals surface area contributed by atoms with E-state index in [2.05, 4.69) is 5.32 Å². The molecule has 0 aliphatic heterocycles. The Morgan fingerprint density at radius 2 is 1.81 bits per heavy atom. The molecule has 3 nitrogen and oxygen atoms in total. The zero-order chi connectivity index (χ0) is 18.4. The van der Waals surface area contributed by atoms with Crippen LogP contribution in [0.3, 0.4) is 0 Å². The molecule has 138 valence electrons. The van der Waals surface area contributed by atoms with E-state index in [-0.39, 0.29) is 11.7 Å². The van der Waals surface area contributed by atoms with Crippen LogP contribution in [0, 0.1) is 5.82 Å². The molecule has 0 unspecified atom stereocenters. The van der Waals surface area contributed by atoms with Crippen LogP contribution >= 0.6 is 0 Å². The molecule has 0 heterocycles. The van der Waals surface area contributed by atoms with Crippen molar-refractivity contribution in [3.05, 3.63) is 71.0 Å². The number of rotatable bonds is 6. The molecule has 0 bridgehead atoms. The third-order valence-electron chi connectivity index (χ3n) is 5.38. The lowest BCUT2D eigenvalue weighted by atomic mass is 9.68. The van der Waals surface area contributed by atoms with Crippen LogP contribution in [0.2, 0.25) is 0 Å². The van der Waals surface area contributed by atoms with Crippen molar-refractivity contribution >= 4 is 5.91 Å². The van der Waals surface area contributed by atoms with E-state index in [0.717, 1.165) is 48.8 Å². The summed E-state index contributed by atoms with van der Waals surface area (Å²) in [6.45, 7) is 0.969. The minimum absolute atomic E-state index is 0.00461. The fourth-order valence-corrected chi connectivity index (χ4v) is 3.96. The molecule has 0 aromatic heterocycles. The first-order valence-corrected chi connectivity index (χ1v) is 9.26. The van der Waals surface area contributed by atoms with Crippen molar-refractivity contribution in [2.45, 2.75) is 50.7 Å². The summed E-state index contributed by atoms with van der Waals surface area (Å²) in [4.78, 5) is 13.2. The Labute approximate surface area is 154 Å². The predicted octanol–water partition coefficient (Wildman–Crippen LogP) is 4.49. The van der Waals surface area contributed by atoms with Gasteiger partial charge in [-0.15, -0.1) is 0 Å². The molecule has 1 fully saturated rings. The summed E-state index contributed by atoms with van der Waals surface area (Å²) in [5, 5.41) is 3.11. The van der Waals surface area contributed by atoms with Crippen LogP contribution in [0.1, 0.15) is 48.8 Å². The SMILES string of the molecule is COCc1ccccc1CNC(=O)C1(c2cccc(F)c2)CCCCC1. The number of carbonyl (C=O) groups excluding carboxylic acids is 1. The summed E-state index contributed by atoms with van der Waals surface area (Å²) in [5.41, 5.74) is 2.28. The van der Waals surface area contributed by atoms with E-state index in [9.17, 15) is 9.18 Å². The Balaban J connectivity index is 1.81. The maximum absolute atomic E-state index is 13.8. The van der Waals surface area contributed by atoms with Crippen molar-refractivity contribution in [1.29, 1.82) is 0 Å². The minimum Gasteiger partial charge on any atom is -0.380 e. The van der Waals surface area contributed by atoms with Crippen molar-refractivity contribution < 1.29 is 13.9 Å². The summed E-state index contributed by atoms with van der Waals surface area (Å²) in [6.07, 6.45) is 4.64. The molecule has 1 saturated carbocycles. The van der Waals surface area contributed by atoms with Crippen LogP contribution in [0.4, 0.5) is 4.39 Å². The average molecular weight is 355 g/mol. The Morgan fingerprint density at radius 1 is 1.08 bits per heavy atom. The molecule has 1 aliphatic carbocycles. The molecule has 1 amide bonds. The predicted molar refractivity (Wildman–Crippen MR) is 100 cm³/mol. The van der Waals surface area contributed by atoms with Gasteiger partial charge in [0.2, 0.25) is 5.91 Å². The fraction of sp³-hybridized carbons (Fsp3) is 0.409. The number of ether oxygens (including phenoxy) is 1. The second-order valence-electron chi connectivity index (χ2n) is 7.04. The quantitative estimate of drug-likeness (QED) is 0.829. The van der Waals surface area contributed by atoms with E-state index in [4.69, 9.17) is 4.74 Å². The van der Waals surface area contributed by atoms with Gasteiger partial charge in [-0.25, -0.2) is 4.39 Å². The van der Waals surface area contributed by atoms with Gasteiger partial charge in [0.25, 0.3) is 0 Å². The lowest BCUT2D eigenvalue weighted by Gasteiger charge is -2.36. The molecule has 3 rings (SSSR count). The molecule has 26 heavy (non-hydrogen) atoms. The van der Waals surface area contributed by atoms with Crippen LogP contribution in [-0.2, 0) is 28.1 Å². The van der Waals surface area contributed by atoms with Gasteiger partial charge in [0.15, 0.2) is 0 Å². The Morgan fingerprint density at radius 3 is 2.50 bits per heavy atom. The number of halogens is 1. The lowest BCUT2D eigenvalue weighted by molar-refractivity contribution is -0.128. The zero-order valence-electron chi connectivity index (χ0n) is 15.3. The van der Waals surface area contributed by atoms with Gasteiger partial charge in [-0.1, -0.05) is 55.7 Å². The van der Waals surface area contributed by atoms with E-state index < -0.39 is 5.41 Å². The normalized spacial score (nSPS) is 16.2. The van der Waals surface area contributed by atoms with Gasteiger partial charge in [-0.2, -0.15) is 0 Å². The lowest BCUT2D eigenvalue weighted by Crippen LogP contribution is -2.45. The van der Waals surface area contributed by atoms with E-state index in [1.807, 2.05) is 30.3 Å².